The Morgan fingerprint density at radius 2 is 1.68 bits per heavy atom. The van der Waals surface area contributed by atoms with Gasteiger partial charge < -0.3 is 19.2 Å². The molecule has 0 spiro atoms. The number of carbonyl (C=O) groups is 2. The van der Waals surface area contributed by atoms with Crippen LogP contribution in [0.15, 0.2) is 64.6 Å². The van der Waals surface area contributed by atoms with Crippen molar-refractivity contribution in [3.8, 4) is 5.75 Å². The van der Waals surface area contributed by atoms with Crippen LogP contribution in [0.4, 0.5) is 11.4 Å². The van der Waals surface area contributed by atoms with Crippen molar-refractivity contribution in [2.75, 3.05) is 29.5 Å². The number of carbonyl (C=O) groups excluding carboxylic acids is 2. The number of ketones is 1. The monoisotopic (exact) mass is 500 g/mol. The minimum atomic E-state index is -0.888. The molecule has 2 saturated heterocycles. The van der Waals surface area contributed by atoms with E-state index in [2.05, 4.69) is 4.90 Å². The molecule has 1 atom stereocenters. The summed E-state index contributed by atoms with van der Waals surface area (Å²) in [5, 5.41) is 11.4. The number of amides is 1. The molecular formula is C30H32N2O5. The summed E-state index contributed by atoms with van der Waals surface area (Å²) in [5.74, 6) is 0.0821. The summed E-state index contributed by atoms with van der Waals surface area (Å²) in [5.41, 5.74) is 2.92. The molecule has 5 rings (SSSR count). The highest BCUT2D eigenvalue weighted by atomic mass is 16.5. The van der Waals surface area contributed by atoms with Gasteiger partial charge in [0, 0.05) is 30.0 Å². The molecule has 1 unspecified atom stereocenters. The fraction of sp³-hybridized carbons (Fsp3) is 0.333. The largest absolute Gasteiger partial charge is 0.507 e. The van der Waals surface area contributed by atoms with Gasteiger partial charge in [-0.15, -0.1) is 0 Å². The molecule has 1 aromatic heterocycles. The second-order valence-corrected chi connectivity index (χ2v) is 9.59. The first-order valence-corrected chi connectivity index (χ1v) is 12.8. The summed E-state index contributed by atoms with van der Waals surface area (Å²) in [6.45, 7) is 8.12. The molecule has 7 nitrogen and oxygen atoms in total. The molecule has 3 aromatic rings. The number of benzene rings is 2. The molecule has 0 radical (unpaired) electrons. The molecule has 0 saturated carbocycles. The van der Waals surface area contributed by atoms with Crippen molar-refractivity contribution in [1.82, 2.24) is 0 Å². The normalized spacial score (nSPS) is 19.5. The van der Waals surface area contributed by atoms with Gasteiger partial charge in [0.15, 0.2) is 0 Å². The molecule has 2 aromatic carbocycles. The number of aliphatic hydroxyl groups excluding tert-OH is 1. The van der Waals surface area contributed by atoms with E-state index >= 15 is 0 Å². The number of aryl methyl sites for hydroxylation is 2. The fourth-order valence-corrected chi connectivity index (χ4v) is 5.21. The first-order chi connectivity index (χ1) is 17.9. The van der Waals surface area contributed by atoms with Crippen LogP contribution in [0.2, 0.25) is 0 Å². The second-order valence-electron chi connectivity index (χ2n) is 9.59. The predicted molar refractivity (Wildman–Crippen MR) is 143 cm³/mol. The van der Waals surface area contributed by atoms with E-state index in [1.807, 2.05) is 38.1 Å². The van der Waals surface area contributed by atoms with Gasteiger partial charge in [-0.05, 0) is 100 Å². The van der Waals surface area contributed by atoms with Gasteiger partial charge in [0.1, 0.15) is 29.1 Å². The Hall–Kier alpha value is -4.00. The fourth-order valence-electron chi connectivity index (χ4n) is 5.21. The topological polar surface area (TPSA) is 83.2 Å². The van der Waals surface area contributed by atoms with Crippen molar-refractivity contribution in [2.45, 2.75) is 46.1 Å². The standard InChI is InChI=1S/C30H32N2O5/c1-4-36-24-15-9-21(18-19(24)2)28(33)26-27(25-14-8-20(3)37-25)32(30(35)29(26)34)23-12-10-22(11-13-23)31-16-6-5-7-17-31/h8-15,18,27,33H,4-7,16-17H2,1-3H3/b28-26-. The third-order valence-electron chi connectivity index (χ3n) is 7.07. The summed E-state index contributed by atoms with van der Waals surface area (Å²) in [7, 11) is 0. The lowest BCUT2D eigenvalue weighted by molar-refractivity contribution is -0.132. The quantitative estimate of drug-likeness (QED) is 0.257. The van der Waals surface area contributed by atoms with Crippen molar-refractivity contribution in [3.63, 3.8) is 0 Å². The van der Waals surface area contributed by atoms with E-state index in [1.54, 1.807) is 37.3 Å². The van der Waals surface area contributed by atoms with E-state index in [0.717, 1.165) is 24.3 Å². The van der Waals surface area contributed by atoms with E-state index in [9.17, 15) is 14.7 Å². The van der Waals surface area contributed by atoms with Gasteiger partial charge in [0.25, 0.3) is 11.7 Å². The number of hydrogen-bond acceptors (Lipinski definition) is 6. The highest BCUT2D eigenvalue weighted by molar-refractivity contribution is 6.51. The van der Waals surface area contributed by atoms with Crippen LogP contribution in [-0.4, -0.2) is 36.5 Å². The maximum atomic E-state index is 13.4. The van der Waals surface area contributed by atoms with Crippen LogP contribution < -0.4 is 14.5 Å². The third-order valence-corrected chi connectivity index (χ3v) is 7.07. The molecule has 0 aliphatic carbocycles. The van der Waals surface area contributed by atoms with E-state index in [-0.39, 0.29) is 11.3 Å². The summed E-state index contributed by atoms with van der Waals surface area (Å²) in [6.07, 6.45) is 3.58. The molecule has 3 heterocycles. The number of rotatable bonds is 6. The van der Waals surface area contributed by atoms with Crippen molar-refractivity contribution < 1.29 is 23.8 Å². The summed E-state index contributed by atoms with van der Waals surface area (Å²) in [4.78, 5) is 30.5. The first-order valence-electron chi connectivity index (χ1n) is 12.8. The second kappa shape index (κ2) is 10.2. The maximum absolute atomic E-state index is 13.4. The molecule has 1 amide bonds. The van der Waals surface area contributed by atoms with Gasteiger partial charge in [-0.1, -0.05) is 0 Å². The Bertz CT molecular complexity index is 1350. The van der Waals surface area contributed by atoms with Gasteiger partial charge in [-0.2, -0.15) is 0 Å². The van der Waals surface area contributed by atoms with Gasteiger partial charge in [-0.25, -0.2) is 0 Å². The Kier molecular flexibility index (Phi) is 6.78. The Balaban J connectivity index is 1.58. The van der Waals surface area contributed by atoms with Gasteiger partial charge in [-0.3, -0.25) is 14.5 Å². The number of aliphatic hydroxyl groups is 1. The van der Waals surface area contributed by atoms with Crippen molar-refractivity contribution in [3.05, 3.63) is 82.8 Å². The Morgan fingerprint density at radius 1 is 0.973 bits per heavy atom. The van der Waals surface area contributed by atoms with Crippen molar-refractivity contribution in [1.29, 1.82) is 0 Å². The molecule has 192 valence electrons. The highest BCUT2D eigenvalue weighted by Gasteiger charge is 2.48. The SMILES string of the molecule is CCOc1ccc(/C(O)=C2/C(=O)C(=O)N(c3ccc(N4CCCCC4)cc3)C2c2ccc(C)o2)cc1C. The van der Waals surface area contributed by atoms with Gasteiger partial charge in [0.05, 0.1) is 12.2 Å². The third kappa shape index (κ3) is 4.61. The molecule has 0 bridgehead atoms. The molecular weight excluding hydrogens is 468 g/mol. The van der Waals surface area contributed by atoms with E-state index in [1.165, 1.54) is 24.2 Å². The van der Waals surface area contributed by atoms with Gasteiger partial charge >= 0.3 is 0 Å². The zero-order chi connectivity index (χ0) is 26.1. The number of nitrogens with zero attached hydrogens (tertiary/aromatic N) is 2. The minimum absolute atomic E-state index is 0.00279. The lowest BCUT2D eigenvalue weighted by Crippen LogP contribution is -2.30. The molecule has 37 heavy (non-hydrogen) atoms. The lowest BCUT2D eigenvalue weighted by atomic mass is 9.98. The first kappa shape index (κ1) is 24.7. The average Bonchev–Trinajstić information content (AvgIpc) is 3.46. The molecule has 2 aliphatic rings. The molecule has 2 aliphatic heterocycles. The summed E-state index contributed by atoms with van der Waals surface area (Å²) < 4.78 is 11.5. The van der Waals surface area contributed by atoms with Crippen LogP contribution in [-0.2, 0) is 9.59 Å². The van der Waals surface area contributed by atoms with Crippen LogP contribution in [0.3, 0.4) is 0 Å². The van der Waals surface area contributed by atoms with Crippen molar-refractivity contribution >= 4 is 28.8 Å². The van der Waals surface area contributed by atoms with Crippen LogP contribution in [0, 0.1) is 13.8 Å². The number of furan rings is 1. The van der Waals surface area contributed by atoms with Gasteiger partial charge in [0.2, 0.25) is 0 Å². The number of hydrogen-bond donors (Lipinski definition) is 1. The number of anilines is 2. The van der Waals surface area contributed by atoms with Crippen LogP contribution in [0.5, 0.6) is 5.75 Å². The van der Waals surface area contributed by atoms with Crippen LogP contribution >= 0.6 is 0 Å². The Morgan fingerprint density at radius 3 is 2.30 bits per heavy atom. The molecule has 1 N–H and O–H groups in total. The van der Waals surface area contributed by atoms with E-state index in [0.29, 0.717) is 35.1 Å². The zero-order valence-corrected chi connectivity index (χ0v) is 21.5. The minimum Gasteiger partial charge on any atom is -0.507 e. The summed E-state index contributed by atoms with van der Waals surface area (Å²) >= 11 is 0. The highest BCUT2D eigenvalue weighted by Crippen LogP contribution is 2.43. The molecule has 2 fully saturated rings. The van der Waals surface area contributed by atoms with Crippen LogP contribution in [0.1, 0.15) is 54.9 Å². The predicted octanol–water partition coefficient (Wildman–Crippen LogP) is 5.91. The smallest absolute Gasteiger partial charge is 0.300 e. The lowest BCUT2D eigenvalue weighted by Gasteiger charge is -2.29. The number of Topliss-reactive ketones (excluding diaryl/α,β-unsaturated/α-hetero) is 1. The van der Waals surface area contributed by atoms with E-state index < -0.39 is 17.7 Å². The maximum Gasteiger partial charge on any atom is 0.300 e. The Labute approximate surface area is 216 Å². The summed E-state index contributed by atoms with van der Waals surface area (Å²) in [6, 6.07) is 15.5. The average molecular weight is 501 g/mol. The molecule has 7 heteroatoms. The van der Waals surface area contributed by atoms with Crippen LogP contribution in [0.25, 0.3) is 5.76 Å². The van der Waals surface area contributed by atoms with E-state index in [4.69, 9.17) is 9.15 Å². The number of ether oxygens (including phenoxy) is 1. The van der Waals surface area contributed by atoms with Crippen molar-refractivity contribution in [2.24, 2.45) is 0 Å². The zero-order valence-electron chi connectivity index (χ0n) is 21.5. The number of piperidine rings is 1.